The maximum Gasteiger partial charge on any atom is 0.448 e. The summed E-state index contributed by atoms with van der Waals surface area (Å²) >= 11 is 0. The second kappa shape index (κ2) is 6.79. The molecule has 5 nitrogen and oxygen atoms in total. The topological polar surface area (TPSA) is 95.2 Å². The zero-order chi connectivity index (χ0) is 19.9. The van der Waals surface area contributed by atoms with Crippen molar-refractivity contribution in [3.05, 3.63) is 42.0 Å². The van der Waals surface area contributed by atoms with E-state index < -0.39 is 28.4 Å². The van der Waals surface area contributed by atoms with Gasteiger partial charge in [0.15, 0.2) is 5.71 Å². The molecule has 0 N–H and O–H groups in total. The average molecular weight is 392 g/mol. The molecule has 2 aromatic carbocycles. The molecule has 1 aliphatic rings. The Labute approximate surface area is 150 Å². The predicted molar refractivity (Wildman–Crippen MR) is 78.5 cm³/mol. The molecule has 0 amide bonds. The fourth-order valence-corrected chi connectivity index (χ4v) is 3.22. The van der Waals surface area contributed by atoms with E-state index in [-0.39, 0.29) is 0 Å². The van der Waals surface area contributed by atoms with Gasteiger partial charge in [0, 0.05) is 18.6 Å². The van der Waals surface area contributed by atoms with E-state index in [0.717, 1.165) is 22.0 Å². The Morgan fingerprint density at radius 3 is 2.08 bits per heavy atom. The van der Waals surface area contributed by atoms with Crippen molar-refractivity contribution in [2.75, 3.05) is 6.54 Å². The maximum atomic E-state index is 12.9. The molecular formula is C17H17ClF3NO4. The summed E-state index contributed by atoms with van der Waals surface area (Å²) in [5.41, 5.74) is 2.00. The van der Waals surface area contributed by atoms with E-state index in [4.69, 9.17) is 18.6 Å². The minimum Gasteiger partial charge on any atom is -0.222 e. The molecule has 0 radical (unpaired) electrons. The molecule has 0 aromatic heterocycles. The van der Waals surface area contributed by atoms with Crippen molar-refractivity contribution in [1.82, 2.24) is 0 Å². The fourth-order valence-electron chi connectivity index (χ4n) is 3.22. The molecule has 3 rings (SSSR count). The number of hydrogen-bond donors (Lipinski definition) is 0. The van der Waals surface area contributed by atoms with Gasteiger partial charge < -0.3 is 0 Å². The average Bonchev–Trinajstić information content (AvgIpc) is 2.65. The summed E-state index contributed by atoms with van der Waals surface area (Å²) in [6, 6.07) is 11.6. The maximum absolute atomic E-state index is 12.9. The van der Waals surface area contributed by atoms with E-state index in [1.807, 2.05) is 50.2 Å². The van der Waals surface area contributed by atoms with Crippen LogP contribution in [0, 0.1) is 10.2 Å². The summed E-state index contributed by atoms with van der Waals surface area (Å²) in [5, 5.41) is 2.09. The minimum atomic E-state index is -4.94. The van der Waals surface area contributed by atoms with Crippen LogP contribution in [0.3, 0.4) is 0 Å². The second-order valence-corrected chi connectivity index (χ2v) is 7.23. The standard InChI is InChI=1S/C17H17F3N.ClHO4/c1-11-16(2,3)15-13-7-5-4-6-12(13)8-9-14(15)21(11)10-17(18,19)20;2-1(3,4)5/h4-9H,10H2,1-3H3;(H,2,3,4,5)/q+1;/p-1. The zero-order valence-electron chi connectivity index (χ0n) is 14.3. The normalized spacial score (nSPS) is 16.4. The number of halogens is 4. The molecule has 0 atom stereocenters. The Bertz CT molecular complexity index is 851. The van der Waals surface area contributed by atoms with E-state index in [1.165, 1.54) is 4.58 Å². The largest absolute Gasteiger partial charge is 0.448 e. The van der Waals surface area contributed by atoms with Gasteiger partial charge in [-0.1, -0.05) is 24.3 Å². The highest BCUT2D eigenvalue weighted by atomic mass is 35.7. The van der Waals surface area contributed by atoms with E-state index in [0.29, 0.717) is 5.69 Å². The van der Waals surface area contributed by atoms with Crippen LogP contribution in [0.5, 0.6) is 0 Å². The third-order valence-electron chi connectivity index (χ3n) is 4.47. The number of alkyl halides is 3. The summed E-state index contributed by atoms with van der Waals surface area (Å²) in [6.45, 7) is 4.84. The number of nitrogens with zero attached hydrogens (tertiary/aromatic N) is 1. The number of fused-ring (bicyclic) bond motifs is 3. The molecule has 26 heavy (non-hydrogen) atoms. The van der Waals surface area contributed by atoms with Crippen molar-refractivity contribution in [2.45, 2.75) is 32.4 Å². The summed E-state index contributed by atoms with van der Waals surface area (Å²) in [5.74, 6) is 0. The van der Waals surface area contributed by atoms with Crippen molar-refractivity contribution >= 4 is 22.2 Å². The van der Waals surface area contributed by atoms with Crippen molar-refractivity contribution in [3.63, 3.8) is 0 Å². The van der Waals surface area contributed by atoms with E-state index in [9.17, 15) is 13.2 Å². The molecule has 0 spiro atoms. The van der Waals surface area contributed by atoms with Gasteiger partial charge in [0.25, 0.3) is 0 Å². The molecule has 0 saturated carbocycles. The Hall–Kier alpha value is -1.71. The van der Waals surface area contributed by atoms with Gasteiger partial charge in [-0.3, -0.25) is 0 Å². The van der Waals surface area contributed by atoms with E-state index in [1.54, 1.807) is 6.92 Å². The highest BCUT2D eigenvalue weighted by Crippen LogP contribution is 2.44. The number of benzene rings is 2. The molecule has 9 heteroatoms. The van der Waals surface area contributed by atoms with E-state index >= 15 is 0 Å². The van der Waals surface area contributed by atoms with E-state index in [2.05, 4.69) is 0 Å². The first kappa shape index (κ1) is 20.6. The van der Waals surface area contributed by atoms with Gasteiger partial charge in [0.1, 0.15) is 0 Å². The lowest BCUT2D eigenvalue weighted by Crippen LogP contribution is -2.68. The lowest BCUT2D eigenvalue weighted by atomic mass is 9.80. The third-order valence-corrected chi connectivity index (χ3v) is 4.47. The van der Waals surface area contributed by atoms with Crippen molar-refractivity contribution in [2.24, 2.45) is 0 Å². The van der Waals surface area contributed by atoms with Crippen LogP contribution in [-0.2, 0) is 5.41 Å². The molecule has 0 bridgehead atoms. The smallest absolute Gasteiger partial charge is 0.222 e. The number of rotatable bonds is 1. The van der Waals surface area contributed by atoms with Crippen LogP contribution in [0.4, 0.5) is 18.9 Å². The molecule has 0 aliphatic carbocycles. The quantitative estimate of drug-likeness (QED) is 0.641. The van der Waals surface area contributed by atoms with Crippen LogP contribution in [0.2, 0.25) is 0 Å². The van der Waals surface area contributed by atoms with Crippen LogP contribution >= 0.6 is 0 Å². The first-order chi connectivity index (χ1) is 11.7. The Balaban J connectivity index is 0.000000431. The fraction of sp³-hybridized carbons (Fsp3) is 0.353. The lowest BCUT2D eigenvalue weighted by molar-refractivity contribution is -2.00. The van der Waals surface area contributed by atoms with Crippen LogP contribution in [0.15, 0.2) is 36.4 Å². The molecule has 1 aliphatic heterocycles. The van der Waals surface area contributed by atoms with Gasteiger partial charge in [-0.15, -0.1) is 10.2 Å². The first-order valence-electron chi connectivity index (χ1n) is 7.54. The van der Waals surface area contributed by atoms with Gasteiger partial charge in [-0.05, 0) is 30.7 Å². The van der Waals surface area contributed by atoms with Crippen molar-refractivity contribution in [3.8, 4) is 0 Å². The summed E-state index contributed by atoms with van der Waals surface area (Å²) in [4.78, 5) is 0. The van der Waals surface area contributed by atoms with Gasteiger partial charge in [0.05, 0.1) is 5.41 Å². The number of hydrogen-bond acceptors (Lipinski definition) is 4. The van der Waals surface area contributed by atoms with Gasteiger partial charge in [0.2, 0.25) is 12.2 Å². The Morgan fingerprint density at radius 2 is 1.54 bits per heavy atom. The van der Waals surface area contributed by atoms with Crippen molar-refractivity contribution < 1.29 is 46.6 Å². The molecule has 2 aromatic rings. The van der Waals surface area contributed by atoms with Crippen LogP contribution in [0.25, 0.3) is 10.8 Å². The molecule has 1 heterocycles. The van der Waals surface area contributed by atoms with Crippen LogP contribution in [-0.4, -0.2) is 23.0 Å². The van der Waals surface area contributed by atoms with Crippen molar-refractivity contribution in [1.29, 1.82) is 0 Å². The van der Waals surface area contributed by atoms with Gasteiger partial charge >= 0.3 is 6.18 Å². The Kier molecular flexibility index (Phi) is 5.38. The van der Waals surface area contributed by atoms with Gasteiger partial charge in [-0.2, -0.15) is 17.7 Å². The molecule has 142 valence electrons. The zero-order valence-corrected chi connectivity index (χ0v) is 15.0. The SMILES string of the molecule is CC1=[N+](CC(F)(F)F)c2ccc3ccccc3c2C1(C)C.[O-][Cl+3]([O-])([O-])[O-]. The molecule has 0 fully saturated rings. The molecular weight excluding hydrogens is 375 g/mol. The van der Waals surface area contributed by atoms with Crippen LogP contribution < -0.4 is 18.6 Å². The highest BCUT2D eigenvalue weighted by Gasteiger charge is 2.48. The van der Waals surface area contributed by atoms with Gasteiger partial charge in [-0.25, -0.2) is 18.6 Å². The summed E-state index contributed by atoms with van der Waals surface area (Å²) in [6.07, 6.45) is -4.22. The predicted octanol–water partition coefficient (Wildman–Crippen LogP) is 0.0422. The lowest BCUT2D eigenvalue weighted by Gasteiger charge is -2.17. The highest BCUT2D eigenvalue weighted by molar-refractivity contribution is 6.01. The molecule has 0 saturated heterocycles. The monoisotopic (exact) mass is 391 g/mol. The summed E-state index contributed by atoms with van der Waals surface area (Å²) in [7, 11) is -4.94. The summed E-state index contributed by atoms with van der Waals surface area (Å²) < 4.78 is 74.0. The third kappa shape index (κ3) is 4.52. The van der Waals surface area contributed by atoms with Crippen LogP contribution in [0.1, 0.15) is 26.3 Å². The Morgan fingerprint density at radius 1 is 1.00 bits per heavy atom. The molecule has 0 unspecified atom stereocenters. The first-order valence-corrected chi connectivity index (χ1v) is 8.77. The second-order valence-electron chi connectivity index (χ2n) is 6.47. The minimum absolute atomic E-state index is 0.401.